The van der Waals surface area contributed by atoms with Gasteiger partial charge in [-0.15, -0.1) is 0 Å². The zero-order chi connectivity index (χ0) is 50.7. The minimum Gasteiger partial charge on any atom is -0.314 e. The lowest BCUT2D eigenvalue weighted by Crippen LogP contribution is -2.26. The molecule has 0 saturated heterocycles. The number of hydrogen-bond acceptors (Lipinski definition) is 1. The molecule has 0 aromatic heterocycles. The van der Waals surface area contributed by atoms with Crippen LogP contribution < -0.4 is 4.90 Å². The molecule has 1 aliphatic carbocycles. The zero-order valence-corrected chi connectivity index (χ0v) is 43.7. The van der Waals surface area contributed by atoms with Gasteiger partial charge in [-0.3, -0.25) is 0 Å². The summed E-state index contributed by atoms with van der Waals surface area (Å²) < 4.78 is 0. The van der Waals surface area contributed by atoms with Crippen molar-refractivity contribution in [1.29, 1.82) is 0 Å². The van der Waals surface area contributed by atoms with E-state index in [1.165, 1.54) is 110 Å². The Morgan fingerprint density at radius 2 is 0.838 bits per heavy atom. The third-order valence-corrected chi connectivity index (χ3v) is 15.7. The molecule has 1 heteroatoms. The maximum absolute atomic E-state index is 2.53. The fourth-order valence-corrected chi connectivity index (χ4v) is 11.6. The van der Waals surface area contributed by atoms with Crippen molar-refractivity contribution in [3.8, 4) is 44.5 Å². The van der Waals surface area contributed by atoms with E-state index in [-0.39, 0.29) is 22.7 Å². The SMILES string of the molecule is CC1C=CC=C(N(c2ccc(-c3ccc(-c4cccc5ccccc45)cc3)cc2)c2ccc(-c3cccc4c3ccc3ccccc34)cc2)C1c1cccc2cccc(-c3cc(C(C)(C)C)cc(C(C)(C)C)c3)c12. The number of hydrogen-bond donors (Lipinski definition) is 0. The van der Waals surface area contributed by atoms with Crippen molar-refractivity contribution in [3.63, 3.8) is 0 Å². The monoisotopic (exact) mass is 953 g/mol. The highest BCUT2D eigenvalue weighted by Gasteiger charge is 2.32. The summed E-state index contributed by atoms with van der Waals surface area (Å²) in [5.74, 6) is 0.261. The number of benzene rings is 11. The van der Waals surface area contributed by atoms with Crippen molar-refractivity contribution in [2.75, 3.05) is 4.90 Å². The first kappa shape index (κ1) is 46.8. The summed E-state index contributed by atoms with van der Waals surface area (Å²) in [6.07, 6.45) is 7.04. The largest absolute Gasteiger partial charge is 0.314 e. The summed E-state index contributed by atoms with van der Waals surface area (Å²) in [5.41, 5.74) is 17.4. The predicted octanol–water partition coefficient (Wildman–Crippen LogP) is 20.6. The maximum atomic E-state index is 2.53. The van der Waals surface area contributed by atoms with Crippen LogP contribution in [0.4, 0.5) is 11.4 Å². The van der Waals surface area contributed by atoms with Crippen molar-refractivity contribution in [1.82, 2.24) is 0 Å². The van der Waals surface area contributed by atoms with Gasteiger partial charge in [0.05, 0.1) is 0 Å². The van der Waals surface area contributed by atoms with Crippen LogP contribution in [0.5, 0.6) is 0 Å². The lowest BCUT2D eigenvalue weighted by molar-refractivity contribution is 0.569. The molecular formula is C73H63N. The predicted molar refractivity (Wildman–Crippen MR) is 320 cm³/mol. The first-order chi connectivity index (χ1) is 35.9. The minimum absolute atomic E-state index is 0.00343. The van der Waals surface area contributed by atoms with E-state index in [0.717, 1.165) is 11.4 Å². The van der Waals surface area contributed by atoms with Crippen LogP contribution in [0.1, 0.15) is 71.1 Å². The Balaban J connectivity index is 0.987. The summed E-state index contributed by atoms with van der Waals surface area (Å²) in [6, 6.07) is 84.0. The third kappa shape index (κ3) is 8.61. The molecule has 0 bridgehead atoms. The molecule has 0 fully saturated rings. The Morgan fingerprint density at radius 1 is 0.365 bits per heavy atom. The summed E-state index contributed by atoms with van der Waals surface area (Å²) >= 11 is 0. The van der Waals surface area contributed by atoms with Gasteiger partial charge in [0.15, 0.2) is 0 Å². The Bertz CT molecular complexity index is 3920. The lowest BCUT2D eigenvalue weighted by atomic mass is 9.76. The first-order valence-electron chi connectivity index (χ1n) is 26.4. The van der Waals surface area contributed by atoms with Gasteiger partial charge in [0.1, 0.15) is 0 Å². The molecule has 1 aliphatic rings. The third-order valence-electron chi connectivity index (χ3n) is 15.7. The molecule has 0 saturated carbocycles. The molecule has 2 unspecified atom stereocenters. The molecule has 12 rings (SSSR count). The second-order valence-corrected chi connectivity index (χ2v) is 22.6. The van der Waals surface area contributed by atoms with Gasteiger partial charge in [0.2, 0.25) is 0 Å². The molecule has 0 N–H and O–H groups in total. The Morgan fingerprint density at radius 3 is 1.47 bits per heavy atom. The summed E-state index contributed by atoms with van der Waals surface area (Å²) in [7, 11) is 0. The number of rotatable bonds is 8. The van der Waals surface area contributed by atoms with E-state index in [2.05, 4.69) is 296 Å². The lowest BCUT2D eigenvalue weighted by Gasteiger charge is -2.37. The van der Waals surface area contributed by atoms with Gasteiger partial charge in [0, 0.05) is 23.0 Å². The molecule has 0 amide bonds. The standard InChI is InChI=1S/C73H63N/c1-48-17-12-30-69(70(48)68-29-15-22-55-21-14-27-65(71(55)68)56-45-57(72(2,3)4)47-58(46-56)73(5,6)7)74(60-42-37-54(38-43-60)64-26-16-28-66-63-24-11-9-19-52(63)39-44-67(64)66)59-40-35-50(36-41-59)49-31-33-53(34-32-49)62-25-13-20-51-18-8-10-23-61(51)62/h8-48,70H,1-7H3. The summed E-state index contributed by atoms with van der Waals surface area (Å²) in [6.45, 7) is 16.4. The fraction of sp³-hybridized carbons (Fsp3) is 0.151. The van der Waals surface area contributed by atoms with Gasteiger partial charge in [-0.1, -0.05) is 261 Å². The van der Waals surface area contributed by atoms with E-state index in [1.54, 1.807) is 0 Å². The molecule has 2 atom stereocenters. The topological polar surface area (TPSA) is 3.24 Å². The van der Waals surface area contributed by atoms with Crippen LogP contribution in [0.3, 0.4) is 0 Å². The molecule has 360 valence electrons. The maximum Gasteiger partial charge on any atom is 0.0459 e. The van der Waals surface area contributed by atoms with E-state index in [4.69, 9.17) is 0 Å². The van der Waals surface area contributed by atoms with Gasteiger partial charge in [0.25, 0.3) is 0 Å². The van der Waals surface area contributed by atoms with Crippen LogP contribution in [-0.2, 0) is 10.8 Å². The number of allylic oxidation sites excluding steroid dienone is 4. The van der Waals surface area contributed by atoms with Crippen LogP contribution in [0.25, 0.3) is 87.6 Å². The van der Waals surface area contributed by atoms with E-state index in [1.807, 2.05) is 0 Å². The van der Waals surface area contributed by atoms with Crippen molar-refractivity contribution in [3.05, 3.63) is 265 Å². The second kappa shape index (κ2) is 18.7. The highest BCUT2D eigenvalue weighted by Crippen LogP contribution is 2.48. The van der Waals surface area contributed by atoms with Crippen LogP contribution in [0.2, 0.25) is 0 Å². The first-order valence-corrected chi connectivity index (χ1v) is 26.4. The van der Waals surface area contributed by atoms with Crippen molar-refractivity contribution < 1.29 is 0 Å². The van der Waals surface area contributed by atoms with E-state index < -0.39 is 0 Å². The average molecular weight is 954 g/mol. The molecular weight excluding hydrogens is 891 g/mol. The molecule has 0 spiro atoms. The zero-order valence-electron chi connectivity index (χ0n) is 43.7. The normalized spacial score (nSPS) is 15.0. The quantitative estimate of drug-likeness (QED) is 0.137. The molecule has 0 radical (unpaired) electrons. The highest BCUT2D eigenvalue weighted by atomic mass is 15.2. The van der Waals surface area contributed by atoms with Crippen LogP contribution in [-0.4, -0.2) is 0 Å². The van der Waals surface area contributed by atoms with E-state index in [9.17, 15) is 0 Å². The van der Waals surface area contributed by atoms with Crippen molar-refractivity contribution in [2.45, 2.75) is 65.2 Å². The Kier molecular flexibility index (Phi) is 11.8. The molecule has 0 heterocycles. The highest BCUT2D eigenvalue weighted by molar-refractivity contribution is 6.12. The van der Waals surface area contributed by atoms with E-state index >= 15 is 0 Å². The van der Waals surface area contributed by atoms with Gasteiger partial charge < -0.3 is 4.90 Å². The van der Waals surface area contributed by atoms with E-state index in [0.29, 0.717) is 0 Å². The fourth-order valence-electron chi connectivity index (χ4n) is 11.6. The van der Waals surface area contributed by atoms with Gasteiger partial charge >= 0.3 is 0 Å². The minimum atomic E-state index is -0.00343. The summed E-state index contributed by atoms with van der Waals surface area (Å²) in [4.78, 5) is 2.53. The van der Waals surface area contributed by atoms with Crippen LogP contribution in [0, 0.1) is 5.92 Å². The second-order valence-electron chi connectivity index (χ2n) is 22.6. The molecule has 11 aromatic rings. The molecule has 11 aromatic carbocycles. The molecule has 0 aliphatic heterocycles. The Labute approximate surface area is 437 Å². The van der Waals surface area contributed by atoms with Crippen molar-refractivity contribution in [2.24, 2.45) is 5.92 Å². The van der Waals surface area contributed by atoms with Gasteiger partial charge in [-0.05, 0) is 151 Å². The smallest absolute Gasteiger partial charge is 0.0459 e. The number of nitrogens with zero attached hydrogens (tertiary/aromatic N) is 1. The molecule has 74 heavy (non-hydrogen) atoms. The van der Waals surface area contributed by atoms with Gasteiger partial charge in [-0.25, -0.2) is 0 Å². The van der Waals surface area contributed by atoms with Crippen LogP contribution in [0.15, 0.2) is 248 Å². The average Bonchev–Trinajstić information content (AvgIpc) is 3.42. The Hall–Kier alpha value is -8.26. The summed E-state index contributed by atoms with van der Waals surface area (Å²) in [5, 5.41) is 10.2. The van der Waals surface area contributed by atoms with Crippen molar-refractivity contribution >= 4 is 54.5 Å². The molecule has 1 nitrogen and oxygen atoms in total. The number of fused-ring (bicyclic) bond motifs is 5. The number of anilines is 2. The van der Waals surface area contributed by atoms with Gasteiger partial charge in [-0.2, -0.15) is 0 Å². The van der Waals surface area contributed by atoms with Crippen LogP contribution >= 0.6 is 0 Å².